The summed E-state index contributed by atoms with van der Waals surface area (Å²) in [7, 11) is 0. The predicted octanol–water partition coefficient (Wildman–Crippen LogP) is 2.67. The Morgan fingerprint density at radius 1 is 1.26 bits per heavy atom. The Hall–Kier alpha value is -1.78. The molecule has 0 saturated heterocycles. The van der Waals surface area contributed by atoms with E-state index in [0.29, 0.717) is 5.56 Å². The Bertz CT molecular complexity index is 528. The summed E-state index contributed by atoms with van der Waals surface area (Å²) >= 11 is 0. The molecule has 100 valence electrons. The monoisotopic (exact) mass is 259 g/mol. The van der Waals surface area contributed by atoms with E-state index < -0.39 is 0 Å². The van der Waals surface area contributed by atoms with Crippen molar-refractivity contribution in [1.82, 2.24) is 10.4 Å². The molecule has 0 aliphatic rings. The molecule has 0 saturated carbocycles. The molecule has 2 rings (SSSR count). The van der Waals surface area contributed by atoms with Crippen molar-refractivity contribution >= 4 is 0 Å². The summed E-state index contributed by atoms with van der Waals surface area (Å²) in [6, 6.07) is 9.14. The minimum Gasteiger partial charge on any atom is -0.271 e. The lowest BCUT2D eigenvalue weighted by atomic mass is 9.99. The van der Waals surface area contributed by atoms with E-state index in [1.165, 1.54) is 5.56 Å². The molecule has 3 nitrogen and oxygen atoms in total. The quantitative estimate of drug-likeness (QED) is 0.641. The predicted molar refractivity (Wildman–Crippen MR) is 73.8 cm³/mol. The van der Waals surface area contributed by atoms with E-state index in [9.17, 15) is 4.39 Å². The third-order valence-corrected chi connectivity index (χ3v) is 3.27. The van der Waals surface area contributed by atoms with Gasteiger partial charge in [0.25, 0.3) is 0 Å². The van der Waals surface area contributed by atoms with Crippen molar-refractivity contribution in [1.29, 1.82) is 0 Å². The second kappa shape index (κ2) is 6.41. The van der Waals surface area contributed by atoms with Gasteiger partial charge in [-0.3, -0.25) is 16.3 Å². The molecular weight excluding hydrogens is 241 g/mol. The normalized spacial score (nSPS) is 12.4. The van der Waals surface area contributed by atoms with Crippen LogP contribution in [0.4, 0.5) is 4.39 Å². The van der Waals surface area contributed by atoms with E-state index in [2.05, 4.69) is 10.4 Å². The summed E-state index contributed by atoms with van der Waals surface area (Å²) in [6.07, 6.45) is 5.22. The first-order valence-electron chi connectivity index (χ1n) is 6.32. The molecule has 2 aromatic rings. The Morgan fingerprint density at radius 2 is 2.00 bits per heavy atom. The van der Waals surface area contributed by atoms with Crippen molar-refractivity contribution in [2.75, 3.05) is 0 Å². The fraction of sp³-hybridized carbons (Fsp3) is 0.267. The van der Waals surface area contributed by atoms with Gasteiger partial charge in [0.1, 0.15) is 5.82 Å². The van der Waals surface area contributed by atoms with Crippen LogP contribution in [-0.4, -0.2) is 4.98 Å². The number of nitrogens with one attached hydrogen (secondary N) is 1. The van der Waals surface area contributed by atoms with Crippen LogP contribution < -0.4 is 11.3 Å². The van der Waals surface area contributed by atoms with Crippen LogP contribution in [0.15, 0.2) is 42.7 Å². The highest BCUT2D eigenvalue weighted by molar-refractivity contribution is 5.26. The summed E-state index contributed by atoms with van der Waals surface area (Å²) in [5.41, 5.74) is 5.47. The molecule has 0 fully saturated rings. The van der Waals surface area contributed by atoms with E-state index in [4.69, 9.17) is 5.84 Å². The maximum atomic E-state index is 13.6. The largest absolute Gasteiger partial charge is 0.271 e. The lowest BCUT2D eigenvalue weighted by Crippen LogP contribution is -2.28. The summed E-state index contributed by atoms with van der Waals surface area (Å²) in [4.78, 5) is 3.98. The number of hydrogen-bond donors (Lipinski definition) is 2. The SMILES string of the molecule is Cc1ccc(C(CCc2ccncc2)NN)cc1F. The number of benzene rings is 1. The van der Waals surface area contributed by atoms with Gasteiger partial charge in [-0.15, -0.1) is 0 Å². The summed E-state index contributed by atoms with van der Waals surface area (Å²) in [5, 5.41) is 0. The van der Waals surface area contributed by atoms with Gasteiger partial charge in [-0.25, -0.2) is 4.39 Å². The van der Waals surface area contributed by atoms with Crippen molar-refractivity contribution in [2.24, 2.45) is 5.84 Å². The second-order valence-corrected chi connectivity index (χ2v) is 4.62. The smallest absolute Gasteiger partial charge is 0.126 e. The van der Waals surface area contributed by atoms with Crippen LogP contribution in [0.1, 0.15) is 29.2 Å². The number of aryl methyl sites for hydroxylation is 2. The number of aromatic nitrogens is 1. The first-order valence-corrected chi connectivity index (χ1v) is 6.32. The lowest BCUT2D eigenvalue weighted by molar-refractivity contribution is 0.511. The second-order valence-electron chi connectivity index (χ2n) is 4.62. The van der Waals surface area contributed by atoms with Gasteiger partial charge in [-0.1, -0.05) is 12.1 Å². The highest BCUT2D eigenvalue weighted by Gasteiger charge is 2.11. The van der Waals surface area contributed by atoms with Crippen molar-refractivity contribution in [3.8, 4) is 0 Å². The van der Waals surface area contributed by atoms with Gasteiger partial charge >= 0.3 is 0 Å². The first kappa shape index (κ1) is 13.6. The third-order valence-electron chi connectivity index (χ3n) is 3.27. The fourth-order valence-electron chi connectivity index (χ4n) is 2.03. The van der Waals surface area contributed by atoms with E-state index in [-0.39, 0.29) is 11.9 Å². The standard InChI is InChI=1S/C15H18FN3/c1-11-2-4-13(10-14(11)16)15(19-17)5-3-12-6-8-18-9-7-12/h2,4,6-10,15,19H,3,5,17H2,1H3. The highest BCUT2D eigenvalue weighted by atomic mass is 19.1. The van der Waals surface area contributed by atoms with Gasteiger partial charge in [0, 0.05) is 18.4 Å². The molecule has 0 radical (unpaired) electrons. The zero-order chi connectivity index (χ0) is 13.7. The lowest BCUT2D eigenvalue weighted by Gasteiger charge is -2.16. The van der Waals surface area contributed by atoms with Gasteiger partial charge in [0.15, 0.2) is 0 Å². The first-order chi connectivity index (χ1) is 9.20. The Kier molecular flexibility index (Phi) is 4.60. The molecular formula is C15H18FN3. The van der Waals surface area contributed by atoms with Crippen LogP contribution >= 0.6 is 0 Å². The molecule has 0 bridgehead atoms. The number of nitrogens with two attached hydrogens (primary N) is 1. The topological polar surface area (TPSA) is 50.9 Å². The highest BCUT2D eigenvalue weighted by Crippen LogP contribution is 2.20. The molecule has 1 unspecified atom stereocenters. The molecule has 0 amide bonds. The Morgan fingerprint density at radius 3 is 2.63 bits per heavy atom. The molecule has 3 N–H and O–H groups in total. The zero-order valence-electron chi connectivity index (χ0n) is 10.9. The van der Waals surface area contributed by atoms with Crippen molar-refractivity contribution < 1.29 is 4.39 Å². The number of halogens is 1. The van der Waals surface area contributed by atoms with Crippen LogP contribution in [0.25, 0.3) is 0 Å². The van der Waals surface area contributed by atoms with E-state index in [0.717, 1.165) is 18.4 Å². The van der Waals surface area contributed by atoms with E-state index in [1.807, 2.05) is 18.2 Å². The number of pyridine rings is 1. The van der Waals surface area contributed by atoms with Crippen molar-refractivity contribution in [3.63, 3.8) is 0 Å². The molecule has 0 spiro atoms. The Labute approximate surface area is 112 Å². The maximum absolute atomic E-state index is 13.6. The van der Waals surface area contributed by atoms with Crippen LogP contribution in [0, 0.1) is 12.7 Å². The summed E-state index contributed by atoms with van der Waals surface area (Å²) in [6.45, 7) is 1.75. The number of hydrogen-bond acceptors (Lipinski definition) is 3. The van der Waals surface area contributed by atoms with Crippen LogP contribution in [0.2, 0.25) is 0 Å². The van der Waals surface area contributed by atoms with Crippen LogP contribution in [0.3, 0.4) is 0 Å². The average molecular weight is 259 g/mol. The van der Waals surface area contributed by atoms with Crippen molar-refractivity contribution in [2.45, 2.75) is 25.8 Å². The minimum absolute atomic E-state index is 0.0525. The summed E-state index contributed by atoms with van der Waals surface area (Å²) < 4.78 is 13.6. The molecule has 0 aliphatic carbocycles. The summed E-state index contributed by atoms with van der Waals surface area (Å²) in [5.74, 6) is 5.38. The minimum atomic E-state index is -0.193. The third kappa shape index (κ3) is 3.59. The van der Waals surface area contributed by atoms with Crippen molar-refractivity contribution in [3.05, 3.63) is 65.2 Å². The molecule has 0 aliphatic heterocycles. The van der Waals surface area contributed by atoms with Crippen LogP contribution in [0.5, 0.6) is 0 Å². The van der Waals surface area contributed by atoms with E-state index >= 15 is 0 Å². The maximum Gasteiger partial charge on any atom is 0.126 e. The van der Waals surface area contributed by atoms with Crippen LogP contribution in [-0.2, 0) is 6.42 Å². The Balaban J connectivity index is 2.05. The molecule has 1 atom stereocenters. The van der Waals surface area contributed by atoms with Gasteiger partial charge in [-0.2, -0.15) is 0 Å². The molecule has 1 heterocycles. The number of hydrazine groups is 1. The fourth-order valence-corrected chi connectivity index (χ4v) is 2.03. The molecule has 1 aromatic heterocycles. The molecule has 19 heavy (non-hydrogen) atoms. The van der Waals surface area contributed by atoms with Gasteiger partial charge in [0.05, 0.1) is 0 Å². The number of nitrogens with zero attached hydrogens (tertiary/aromatic N) is 1. The van der Waals surface area contributed by atoms with Gasteiger partial charge in [-0.05, 0) is 54.7 Å². The van der Waals surface area contributed by atoms with E-state index in [1.54, 1.807) is 31.5 Å². The number of rotatable bonds is 5. The van der Waals surface area contributed by atoms with Gasteiger partial charge < -0.3 is 0 Å². The molecule has 1 aromatic carbocycles. The molecule has 4 heteroatoms. The zero-order valence-corrected chi connectivity index (χ0v) is 10.9. The van der Waals surface area contributed by atoms with Gasteiger partial charge in [0.2, 0.25) is 0 Å². The average Bonchev–Trinajstić information content (AvgIpc) is 2.44.